The molecule has 1 aliphatic heterocycles. The highest BCUT2D eigenvalue weighted by Gasteiger charge is 2.26. The van der Waals surface area contributed by atoms with Gasteiger partial charge < -0.3 is 15.0 Å². The molecule has 1 N–H and O–H groups in total. The molecule has 29 heavy (non-hydrogen) atoms. The van der Waals surface area contributed by atoms with Gasteiger partial charge in [0.25, 0.3) is 5.91 Å². The van der Waals surface area contributed by atoms with Crippen molar-refractivity contribution < 1.29 is 13.9 Å². The fourth-order valence-corrected chi connectivity index (χ4v) is 3.33. The van der Waals surface area contributed by atoms with Crippen LogP contribution in [-0.2, 0) is 6.61 Å². The third-order valence-corrected chi connectivity index (χ3v) is 4.83. The van der Waals surface area contributed by atoms with Crippen LogP contribution in [0.4, 0.5) is 10.2 Å². The van der Waals surface area contributed by atoms with Gasteiger partial charge >= 0.3 is 0 Å². The number of halogens is 1. The van der Waals surface area contributed by atoms with Crippen LogP contribution >= 0.6 is 0 Å². The van der Waals surface area contributed by atoms with E-state index in [1.165, 1.54) is 6.07 Å². The fraction of sp³-hybridized carbons (Fsp3) is 0.227. The van der Waals surface area contributed by atoms with Crippen LogP contribution in [0.2, 0.25) is 0 Å². The largest absolute Gasteiger partial charge is 0.472 e. The van der Waals surface area contributed by atoms with E-state index in [1.807, 2.05) is 18.2 Å². The standard InChI is InChI=1S/C22H21FN4O2/c23-19-8-2-1-6-16(19)15-29-22-18(7-5-12-25-22)21(28)26-17-10-13-27(14-17)20-9-3-4-11-24-20/h1-9,11-12,17H,10,13-15H2,(H,26,28). The number of aromatic nitrogens is 2. The molecule has 148 valence electrons. The molecule has 4 rings (SSSR count). The normalized spacial score (nSPS) is 15.9. The van der Waals surface area contributed by atoms with Crippen LogP contribution in [-0.4, -0.2) is 35.0 Å². The monoisotopic (exact) mass is 392 g/mol. The number of carbonyl (C=O) groups excluding carboxylic acids is 1. The molecule has 0 radical (unpaired) electrons. The third-order valence-electron chi connectivity index (χ3n) is 4.83. The topological polar surface area (TPSA) is 67.4 Å². The quantitative estimate of drug-likeness (QED) is 0.698. The van der Waals surface area contributed by atoms with Crippen LogP contribution in [0.15, 0.2) is 67.0 Å². The fourth-order valence-electron chi connectivity index (χ4n) is 3.33. The first-order valence-electron chi connectivity index (χ1n) is 9.49. The number of carbonyl (C=O) groups is 1. The van der Waals surface area contributed by atoms with Crippen LogP contribution in [0.1, 0.15) is 22.3 Å². The predicted molar refractivity (Wildman–Crippen MR) is 107 cm³/mol. The Morgan fingerprint density at radius 3 is 2.76 bits per heavy atom. The summed E-state index contributed by atoms with van der Waals surface area (Å²) in [6, 6.07) is 15.5. The van der Waals surface area contributed by atoms with Crippen molar-refractivity contribution in [3.8, 4) is 5.88 Å². The second-order valence-electron chi connectivity index (χ2n) is 6.83. The van der Waals surface area contributed by atoms with Crippen LogP contribution in [0.5, 0.6) is 5.88 Å². The number of nitrogens with one attached hydrogen (secondary N) is 1. The molecular formula is C22H21FN4O2. The molecule has 0 aliphatic carbocycles. The van der Waals surface area contributed by atoms with Gasteiger partial charge in [-0.05, 0) is 36.8 Å². The van der Waals surface area contributed by atoms with Crippen molar-refractivity contribution in [1.82, 2.24) is 15.3 Å². The third kappa shape index (κ3) is 4.51. The molecule has 6 nitrogen and oxygen atoms in total. The zero-order chi connectivity index (χ0) is 20.1. The van der Waals surface area contributed by atoms with E-state index in [4.69, 9.17) is 4.74 Å². The molecule has 1 aliphatic rings. The van der Waals surface area contributed by atoms with Gasteiger partial charge in [-0.3, -0.25) is 4.79 Å². The summed E-state index contributed by atoms with van der Waals surface area (Å²) in [4.78, 5) is 23.5. The number of ether oxygens (including phenoxy) is 1. The van der Waals surface area contributed by atoms with Gasteiger partial charge in [0, 0.05) is 37.1 Å². The minimum Gasteiger partial charge on any atom is -0.472 e. The van der Waals surface area contributed by atoms with E-state index in [0.717, 1.165) is 18.8 Å². The number of amides is 1. The molecule has 1 aromatic carbocycles. The average molecular weight is 392 g/mol. The summed E-state index contributed by atoms with van der Waals surface area (Å²) in [5.41, 5.74) is 0.742. The Labute approximate surface area is 168 Å². The molecule has 0 spiro atoms. The second kappa shape index (κ2) is 8.68. The van der Waals surface area contributed by atoms with Gasteiger partial charge in [-0.25, -0.2) is 14.4 Å². The van der Waals surface area contributed by atoms with Gasteiger partial charge in [0.05, 0.1) is 0 Å². The minimum atomic E-state index is -0.352. The Balaban J connectivity index is 1.40. The number of nitrogens with zero attached hydrogens (tertiary/aromatic N) is 3. The molecule has 1 atom stereocenters. The molecule has 3 heterocycles. The molecule has 1 amide bonds. The number of benzene rings is 1. The summed E-state index contributed by atoms with van der Waals surface area (Å²) in [5, 5.41) is 3.04. The number of anilines is 1. The molecule has 7 heteroatoms. The molecule has 0 saturated carbocycles. The molecule has 0 bridgehead atoms. The number of hydrogen-bond acceptors (Lipinski definition) is 5. The van der Waals surface area contributed by atoms with E-state index in [2.05, 4.69) is 20.2 Å². The van der Waals surface area contributed by atoms with E-state index in [-0.39, 0.29) is 30.3 Å². The van der Waals surface area contributed by atoms with E-state index in [1.54, 1.807) is 42.7 Å². The molecule has 2 aromatic heterocycles. The van der Waals surface area contributed by atoms with Crippen molar-refractivity contribution >= 4 is 11.7 Å². The molecule has 1 fully saturated rings. The van der Waals surface area contributed by atoms with Crippen molar-refractivity contribution in [3.63, 3.8) is 0 Å². The summed E-state index contributed by atoms with van der Waals surface area (Å²) in [6.45, 7) is 1.51. The highest BCUT2D eigenvalue weighted by molar-refractivity contribution is 5.96. The zero-order valence-corrected chi connectivity index (χ0v) is 15.8. The Morgan fingerprint density at radius 1 is 1.10 bits per heavy atom. The molecular weight excluding hydrogens is 371 g/mol. The van der Waals surface area contributed by atoms with Gasteiger partial charge in [-0.2, -0.15) is 0 Å². The van der Waals surface area contributed by atoms with Gasteiger partial charge in [-0.15, -0.1) is 0 Å². The first kappa shape index (κ1) is 18.9. The Bertz CT molecular complexity index is 983. The van der Waals surface area contributed by atoms with Crippen molar-refractivity contribution in [2.75, 3.05) is 18.0 Å². The van der Waals surface area contributed by atoms with Gasteiger partial charge in [0.2, 0.25) is 5.88 Å². The van der Waals surface area contributed by atoms with Crippen molar-refractivity contribution in [1.29, 1.82) is 0 Å². The Hall–Kier alpha value is -3.48. The van der Waals surface area contributed by atoms with Crippen LogP contribution in [0.25, 0.3) is 0 Å². The van der Waals surface area contributed by atoms with Crippen LogP contribution in [0.3, 0.4) is 0 Å². The Kier molecular flexibility index (Phi) is 5.65. The lowest BCUT2D eigenvalue weighted by Crippen LogP contribution is -2.37. The minimum absolute atomic E-state index is 0.000843. The summed E-state index contributed by atoms with van der Waals surface area (Å²) >= 11 is 0. The van der Waals surface area contributed by atoms with Crippen molar-refractivity contribution in [2.45, 2.75) is 19.1 Å². The maximum absolute atomic E-state index is 13.8. The number of hydrogen-bond donors (Lipinski definition) is 1. The zero-order valence-electron chi connectivity index (χ0n) is 15.8. The average Bonchev–Trinajstić information content (AvgIpc) is 3.22. The lowest BCUT2D eigenvalue weighted by molar-refractivity contribution is 0.0934. The summed E-state index contributed by atoms with van der Waals surface area (Å²) < 4.78 is 19.5. The van der Waals surface area contributed by atoms with Gasteiger partial charge in [0.15, 0.2) is 0 Å². The lowest BCUT2D eigenvalue weighted by atomic mass is 10.2. The van der Waals surface area contributed by atoms with Crippen LogP contribution < -0.4 is 15.0 Å². The highest BCUT2D eigenvalue weighted by Crippen LogP contribution is 2.20. The van der Waals surface area contributed by atoms with E-state index < -0.39 is 0 Å². The Morgan fingerprint density at radius 2 is 1.93 bits per heavy atom. The molecule has 1 unspecified atom stereocenters. The van der Waals surface area contributed by atoms with E-state index >= 15 is 0 Å². The van der Waals surface area contributed by atoms with Gasteiger partial charge in [0.1, 0.15) is 23.8 Å². The van der Waals surface area contributed by atoms with E-state index in [9.17, 15) is 9.18 Å². The summed E-state index contributed by atoms with van der Waals surface area (Å²) in [7, 11) is 0. The summed E-state index contributed by atoms with van der Waals surface area (Å²) in [5.74, 6) is 0.483. The maximum atomic E-state index is 13.8. The molecule has 3 aromatic rings. The lowest BCUT2D eigenvalue weighted by Gasteiger charge is -2.18. The van der Waals surface area contributed by atoms with Crippen molar-refractivity contribution in [2.24, 2.45) is 0 Å². The SMILES string of the molecule is O=C(NC1CCN(c2ccccn2)C1)c1cccnc1OCc1ccccc1F. The number of rotatable bonds is 6. The van der Waals surface area contributed by atoms with Crippen LogP contribution in [0, 0.1) is 5.82 Å². The first-order valence-corrected chi connectivity index (χ1v) is 9.49. The molecule has 1 saturated heterocycles. The maximum Gasteiger partial charge on any atom is 0.257 e. The summed E-state index contributed by atoms with van der Waals surface area (Å²) in [6.07, 6.45) is 4.13. The predicted octanol–water partition coefficient (Wildman–Crippen LogP) is 3.20. The van der Waals surface area contributed by atoms with Crippen molar-refractivity contribution in [3.05, 3.63) is 83.9 Å². The number of pyridine rings is 2. The second-order valence-corrected chi connectivity index (χ2v) is 6.83. The highest BCUT2D eigenvalue weighted by atomic mass is 19.1. The smallest absolute Gasteiger partial charge is 0.257 e. The van der Waals surface area contributed by atoms with E-state index in [0.29, 0.717) is 17.7 Å². The van der Waals surface area contributed by atoms with Gasteiger partial charge in [-0.1, -0.05) is 24.3 Å². The first-order chi connectivity index (χ1) is 14.2.